The van der Waals surface area contributed by atoms with Gasteiger partial charge < -0.3 is 10.6 Å². The van der Waals surface area contributed by atoms with Crippen LogP contribution in [-0.2, 0) is 22.6 Å². The summed E-state index contributed by atoms with van der Waals surface area (Å²) in [6, 6.07) is 7.83. The number of carbonyl (C=O) groups excluding carboxylic acids is 2. The average Bonchev–Trinajstić information content (AvgIpc) is 2.98. The van der Waals surface area contributed by atoms with Crippen LogP contribution >= 0.6 is 0 Å². The second-order valence-corrected chi connectivity index (χ2v) is 6.85. The third kappa shape index (κ3) is 3.55. The molecule has 2 amide bonds. The van der Waals surface area contributed by atoms with E-state index in [0.29, 0.717) is 31.8 Å². The Kier molecular flexibility index (Phi) is 4.66. The third-order valence-electron chi connectivity index (χ3n) is 5.06. The fourth-order valence-electron chi connectivity index (χ4n) is 3.65. The van der Waals surface area contributed by atoms with Gasteiger partial charge in [0.1, 0.15) is 0 Å². The van der Waals surface area contributed by atoms with Gasteiger partial charge in [-0.15, -0.1) is 0 Å². The van der Waals surface area contributed by atoms with Gasteiger partial charge in [-0.1, -0.05) is 31.2 Å². The van der Waals surface area contributed by atoms with Gasteiger partial charge in [-0.25, -0.2) is 0 Å². The van der Waals surface area contributed by atoms with Crippen LogP contribution in [0.15, 0.2) is 24.3 Å². The van der Waals surface area contributed by atoms with Gasteiger partial charge in [0.2, 0.25) is 11.8 Å². The molecule has 2 heterocycles. The Balaban J connectivity index is 1.64. The van der Waals surface area contributed by atoms with Crippen molar-refractivity contribution in [3.05, 3.63) is 35.4 Å². The fourth-order valence-corrected chi connectivity index (χ4v) is 3.65. The first-order valence-electron chi connectivity index (χ1n) is 8.42. The van der Waals surface area contributed by atoms with Crippen molar-refractivity contribution >= 4 is 11.8 Å². The predicted octanol–water partition coefficient (Wildman–Crippen LogP) is 1.16. The minimum atomic E-state index is -0.310. The van der Waals surface area contributed by atoms with E-state index in [1.807, 2.05) is 17.0 Å². The average molecular weight is 315 g/mol. The fraction of sp³-hybridized carbons (Fsp3) is 0.556. The van der Waals surface area contributed by atoms with Gasteiger partial charge in [0, 0.05) is 32.6 Å². The van der Waals surface area contributed by atoms with Crippen LogP contribution in [0.3, 0.4) is 0 Å². The highest BCUT2D eigenvalue weighted by Gasteiger charge is 2.31. The van der Waals surface area contributed by atoms with Crippen LogP contribution in [0.1, 0.15) is 30.9 Å². The zero-order valence-electron chi connectivity index (χ0n) is 13.7. The van der Waals surface area contributed by atoms with Crippen LogP contribution in [0.2, 0.25) is 0 Å². The largest absolute Gasteiger partial charge is 0.368 e. The molecule has 0 saturated carbocycles. The molecule has 1 saturated heterocycles. The summed E-state index contributed by atoms with van der Waals surface area (Å²) < 4.78 is 0. The molecule has 0 aromatic heterocycles. The first kappa shape index (κ1) is 16.0. The highest BCUT2D eigenvalue weighted by atomic mass is 16.2. The monoisotopic (exact) mass is 315 g/mol. The molecule has 0 spiro atoms. The van der Waals surface area contributed by atoms with Crippen molar-refractivity contribution in [3.8, 4) is 0 Å². The molecule has 2 aliphatic heterocycles. The molecule has 5 heteroatoms. The number of benzene rings is 1. The van der Waals surface area contributed by atoms with Gasteiger partial charge in [0.15, 0.2) is 0 Å². The number of hydrogen-bond donors (Lipinski definition) is 1. The molecule has 2 N–H and O–H groups in total. The van der Waals surface area contributed by atoms with E-state index < -0.39 is 0 Å². The maximum atomic E-state index is 12.3. The number of carbonyl (C=O) groups is 2. The number of nitrogens with two attached hydrogens (primary N) is 1. The lowest BCUT2D eigenvalue weighted by Crippen LogP contribution is -2.49. The molecule has 0 radical (unpaired) electrons. The lowest BCUT2D eigenvalue weighted by atomic mass is 9.93. The maximum Gasteiger partial charge on any atom is 0.235 e. The summed E-state index contributed by atoms with van der Waals surface area (Å²) in [5, 5.41) is 0. The summed E-state index contributed by atoms with van der Waals surface area (Å²) >= 11 is 0. The van der Waals surface area contributed by atoms with Crippen molar-refractivity contribution in [2.24, 2.45) is 11.7 Å². The minimum absolute atomic E-state index is 0.191. The molecule has 124 valence electrons. The minimum Gasteiger partial charge on any atom is -0.368 e. The normalized spacial score (nSPS) is 24.5. The molecule has 3 rings (SSSR count). The molecule has 23 heavy (non-hydrogen) atoms. The first-order chi connectivity index (χ1) is 11.0. The topological polar surface area (TPSA) is 66.6 Å². The quantitative estimate of drug-likeness (QED) is 0.906. The standard InChI is InChI=1S/C18H25N3O2/c1-13-6-8-21(11-13)17(22)7-9-20-12-15-5-3-2-4-14(15)10-16(20)18(19)23/h2-5,13,16H,6-12H2,1H3,(H2,19,23)/t13-,16+/m1/s1. The summed E-state index contributed by atoms with van der Waals surface area (Å²) in [6.45, 7) is 5.18. The van der Waals surface area contributed by atoms with E-state index >= 15 is 0 Å². The molecular weight excluding hydrogens is 290 g/mol. The van der Waals surface area contributed by atoms with Crippen molar-refractivity contribution in [2.75, 3.05) is 19.6 Å². The van der Waals surface area contributed by atoms with Crippen LogP contribution in [-0.4, -0.2) is 47.3 Å². The van der Waals surface area contributed by atoms with E-state index in [-0.39, 0.29) is 17.9 Å². The molecule has 2 atom stereocenters. The third-order valence-corrected chi connectivity index (χ3v) is 5.06. The Morgan fingerprint density at radius 2 is 2.00 bits per heavy atom. The van der Waals surface area contributed by atoms with Gasteiger partial charge >= 0.3 is 0 Å². The number of primary amides is 1. The summed E-state index contributed by atoms with van der Waals surface area (Å²) in [6.07, 6.45) is 2.19. The SMILES string of the molecule is C[C@@H]1CCN(C(=O)CCN2Cc3ccccc3C[C@H]2C(N)=O)C1. The highest BCUT2D eigenvalue weighted by Crippen LogP contribution is 2.24. The summed E-state index contributed by atoms with van der Waals surface area (Å²) in [4.78, 5) is 28.1. The van der Waals surface area contributed by atoms with E-state index in [1.165, 1.54) is 11.1 Å². The van der Waals surface area contributed by atoms with Crippen molar-refractivity contribution < 1.29 is 9.59 Å². The Labute approximate surface area is 137 Å². The Bertz CT molecular complexity index is 602. The van der Waals surface area contributed by atoms with Crippen molar-refractivity contribution in [1.82, 2.24) is 9.80 Å². The lowest BCUT2D eigenvalue weighted by Gasteiger charge is -2.35. The number of amides is 2. The van der Waals surface area contributed by atoms with E-state index in [0.717, 1.165) is 19.5 Å². The number of hydrogen-bond acceptors (Lipinski definition) is 3. The molecular formula is C18H25N3O2. The Morgan fingerprint density at radius 1 is 1.26 bits per heavy atom. The molecule has 0 bridgehead atoms. The Hall–Kier alpha value is -1.88. The van der Waals surface area contributed by atoms with Gasteiger partial charge in [-0.2, -0.15) is 0 Å². The molecule has 1 fully saturated rings. The number of nitrogens with zero attached hydrogens (tertiary/aromatic N) is 2. The maximum absolute atomic E-state index is 12.3. The van der Waals surface area contributed by atoms with E-state index in [9.17, 15) is 9.59 Å². The van der Waals surface area contributed by atoms with Crippen LogP contribution in [0, 0.1) is 5.92 Å². The van der Waals surface area contributed by atoms with Crippen LogP contribution in [0.4, 0.5) is 0 Å². The smallest absolute Gasteiger partial charge is 0.235 e. The summed E-state index contributed by atoms with van der Waals surface area (Å²) in [5.41, 5.74) is 8.00. The molecule has 1 aromatic rings. The number of rotatable bonds is 4. The number of likely N-dealkylation sites (tertiary alicyclic amines) is 1. The van der Waals surface area contributed by atoms with Gasteiger partial charge in [-0.3, -0.25) is 14.5 Å². The molecule has 2 aliphatic rings. The summed E-state index contributed by atoms with van der Waals surface area (Å²) in [7, 11) is 0. The van der Waals surface area contributed by atoms with E-state index in [1.54, 1.807) is 0 Å². The Morgan fingerprint density at radius 3 is 2.65 bits per heavy atom. The van der Waals surface area contributed by atoms with Crippen LogP contribution < -0.4 is 5.73 Å². The first-order valence-corrected chi connectivity index (χ1v) is 8.42. The summed E-state index contributed by atoms with van der Waals surface area (Å²) in [5.74, 6) is 0.484. The van der Waals surface area contributed by atoms with Crippen molar-refractivity contribution in [3.63, 3.8) is 0 Å². The van der Waals surface area contributed by atoms with Gasteiger partial charge in [0.05, 0.1) is 6.04 Å². The predicted molar refractivity (Wildman–Crippen MR) is 88.5 cm³/mol. The van der Waals surface area contributed by atoms with Crippen molar-refractivity contribution in [2.45, 2.75) is 38.8 Å². The van der Waals surface area contributed by atoms with E-state index in [2.05, 4.69) is 24.0 Å². The van der Waals surface area contributed by atoms with Crippen LogP contribution in [0.5, 0.6) is 0 Å². The molecule has 1 aromatic carbocycles. The zero-order valence-corrected chi connectivity index (χ0v) is 13.7. The van der Waals surface area contributed by atoms with Crippen molar-refractivity contribution in [1.29, 1.82) is 0 Å². The highest BCUT2D eigenvalue weighted by molar-refractivity contribution is 5.81. The number of fused-ring (bicyclic) bond motifs is 1. The molecule has 0 unspecified atom stereocenters. The van der Waals surface area contributed by atoms with Gasteiger partial charge in [0.25, 0.3) is 0 Å². The molecule has 5 nitrogen and oxygen atoms in total. The second-order valence-electron chi connectivity index (χ2n) is 6.85. The molecule has 0 aliphatic carbocycles. The van der Waals surface area contributed by atoms with Crippen LogP contribution in [0.25, 0.3) is 0 Å². The lowest BCUT2D eigenvalue weighted by molar-refractivity contribution is -0.132. The zero-order chi connectivity index (χ0) is 16.4. The van der Waals surface area contributed by atoms with E-state index in [4.69, 9.17) is 5.73 Å². The second kappa shape index (κ2) is 6.71. The van der Waals surface area contributed by atoms with Gasteiger partial charge in [-0.05, 0) is 29.9 Å².